The highest BCUT2D eigenvalue weighted by atomic mass is 15.3. The Balaban J connectivity index is 1.36. The maximum atomic E-state index is 4.64. The Bertz CT molecular complexity index is 1420. The van der Waals surface area contributed by atoms with Crippen LogP contribution in [0.1, 0.15) is 11.1 Å². The second-order valence-electron chi connectivity index (χ2n) is 8.33. The zero-order valence-electron chi connectivity index (χ0n) is 18.1. The van der Waals surface area contributed by atoms with E-state index in [1.54, 1.807) is 6.33 Å². The predicted octanol–water partition coefficient (Wildman–Crippen LogP) is 3.36. The minimum Gasteiger partial charge on any atom is -0.354 e. The molecule has 1 aliphatic heterocycles. The highest BCUT2D eigenvalue weighted by Gasteiger charge is 2.15. The lowest BCUT2D eigenvalue weighted by atomic mass is 10.0. The molecule has 0 radical (unpaired) electrons. The molecule has 1 fully saturated rings. The predicted molar refractivity (Wildman–Crippen MR) is 126 cm³/mol. The molecule has 0 bridgehead atoms. The molecule has 0 unspecified atom stereocenters. The summed E-state index contributed by atoms with van der Waals surface area (Å²) in [6.07, 6.45) is 7.46. The Morgan fingerprint density at radius 3 is 2.53 bits per heavy atom. The van der Waals surface area contributed by atoms with Crippen molar-refractivity contribution in [2.75, 3.05) is 31.1 Å². The Morgan fingerprint density at radius 2 is 1.72 bits per heavy atom. The van der Waals surface area contributed by atoms with Crippen LogP contribution in [-0.2, 0) is 0 Å². The van der Waals surface area contributed by atoms with Crippen molar-refractivity contribution in [2.24, 2.45) is 0 Å². The first-order chi connectivity index (χ1) is 15.7. The Hall–Kier alpha value is -3.78. The standard InChI is InChI=1S/C24H24N8/c1-15-9-18(13-32-23(15)28-14-29-32)17-3-4-20-16(2)22(30-21(20)10-17)19-11-26-24(27-12-19)31-7-5-25-6-8-31/h3-4,9-14,25,30H,5-8H2,1-2H3. The fraction of sp³-hybridized carbons (Fsp3) is 0.250. The smallest absolute Gasteiger partial charge is 0.225 e. The van der Waals surface area contributed by atoms with E-state index >= 15 is 0 Å². The molecule has 2 N–H and O–H groups in total. The summed E-state index contributed by atoms with van der Waals surface area (Å²) < 4.78 is 1.83. The monoisotopic (exact) mass is 424 g/mol. The highest BCUT2D eigenvalue weighted by molar-refractivity contribution is 5.93. The van der Waals surface area contributed by atoms with Crippen LogP contribution in [0.4, 0.5) is 5.95 Å². The zero-order chi connectivity index (χ0) is 21.7. The number of piperazine rings is 1. The van der Waals surface area contributed by atoms with Crippen LogP contribution in [0.25, 0.3) is 38.9 Å². The van der Waals surface area contributed by atoms with E-state index in [1.807, 2.05) is 23.1 Å². The van der Waals surface area contributed by atoms with Gasteiger partial charge in [0.25, 0.3) is 0 Å². The number of aromatic amines is 1. The molecule has 5 heterocycles. The third-order valence-electron chi connectivity index (χ3n) is 6.28. The Morgan fingerprint density at radius 1 is 0.906 bits per heavy atom. The molecule has 32 heavy (non-hydrogen) atoms. The van der Waals surface area contributed by atoms with Crippen LogP contribution in [0.3, 0.4) is 0 Å². The second-order valence-corrected chi connectivity index (χ2v) is 8.33. The summed E-state index contributed by atoms with van der Waals surface area (Å²) in [6, 6.07) is 8.69. The fourth-order valence-corrected chi connectivity index (χ4v) is 4.54. The van der Waals surface area contributed by atoms with Gasteiger partial charge in [-0.05, 0) is 42.7 Å². The number of aryl methyl sites for hydroxylation is 2. The van der Waals surface area contributed by atoms with Gasteiger partial charge in [0.1, 0.15) is 6.33 Å². The molecule has 5 aromatic rings. The SMILES string of the molecule is Cc1c(-c2cnc(N3CCNCC3)nc2)[nH]c2cc(-c3cc(C)c4ncnn4c3)ccc12. The maximum absolute atomic E-state index is 4.64. The third-order valence-corrected chi connectivity index (χ3v) is 6.28. The minimum atomic E-state index is 0.796. The summed E-state index contributed by atoms with van der Waals surface area (Å²) in [5.41, 5.74) is 8.59. The summed E-state index contributed by atoms with van der Waals surface area (Å²) in [4.78, 5) is 19.4. The largest absolute Gasteiger partial charge is 0.354 e. The first kappa shape index (κ1) is 18.9. The molecule has 1 saturated heterocycles. The molecular formula is C24H24N8. The van der Waals surface area contributed by atoms with Crippen molar-refractivity contribution in [1.29, 1.82) is 0 Å². The molecule has 8 nitrogen and oxygen atoms in total. The van der Waals surface area contributed by atoms with E-state index in [-0.39, 0.29) is 0 Å². The molecule has 0 aliphatic carbocycles. The Kier molecular flexibility index (Phi) is 4.39. The number of nitrogens with zero attached hydrogens (tertiary/aromatic N) is 6. The summed E-state index contributed by atoms with van der Waals surface area (Å²) in [5, 5.41) is 8.87. The number of pyridine rings is 1. The number of fused-ring (bicyclic) bond motifs is 2. The lowest BCUT2D eigenvalue weighted by Gasteiger charge is -2.27. The molecule has 0 atom stereocenters. The van der Waals surface area contributed by atoms with Gasteiger partial charge >= 0.3 is 0 Å². The summed E-state index contributed by atoms with van der Waals surface area (Å²) in [6.45, 7) is 8.02. The summed E-state index contributed by atoms with van der Waals surface area (Å²) in [5.74, 6) is 0.796. The molecule has 8 heteroatoms. The van der Waals surface area contributed by atoms with Gasteiger partial charge in [-0.2, -0.15) is 5.10 Å². The van der Waals surface area contributed by atoms with E-state index in [1.165, 1.54) is 10.9 Å². The van der Waals surface area contributed by atoms with Crippen LogP contribution < -0.4 is 10.2 Å². The average molecular weight is 425 g/mol. The van der Waals surface area contributed by atoms with E-state index in [0.717, 1.165) is 71.2 Å². The molecule has 1 aliphatic rings. The van der Waals surface area contributed by atoms with Crippen LogP contribution in [-0.4, -0.2) is 55.7 Å². The highest BCUT2D eigenvalue weighted by Crippen LogP contribution is 2.32. The first-order valence-electron chi connectivity index (χ1n) is 10.9. The topological polar surface area (TPSA) is 87.0 Å². The van der Waals surface area contributed by atoms with Crippen molar-refractivity contribution in [3.05, 3.63) is 60.3 Å². The number of H-pyrrole nitrogens is 1. The van der Waals surface area contributed by atoms with Crippen molar-refractivity contribution in [3.8, 4) is 22.4 Å². The molecule has 4 aromatic heterocycles. The van der Waals surface area contributed by atoms with Gasteiger partial charge in [-0.3, -0.25) is 0 Å². The van der Waals surface area contributed by atoms with Gasteiger partial charge in [0.15, 0.2) is 5.65 Å². The number of hydrogen-bond acceptors (Lipinski definition) is 6. The van der Waals surface area contributed by atoms with Crippen molar-refractivity contribution in [3.63, 3.8) is 0 Å². The normalized spacial score (nSPS) is 14.5. The number of benzene rings is 1. The quantitative estimate of drug-likeness (QED) is 0.462. The van der Waals surface area contributed by atoms with E-state index in [0.29, 0.717) is 0 Å². The van der Waals surface area contributed by atoms with E-state index < -0.39 is 0 Å². The van der Waals surface area contributed by atoms with Crippen molar-refractivity contribution in [2.45, 2.75) is 13.8 Å². The van der Waals surface area contributed by atoms with Crippen molar-refractivity contribution < 1.29 is 0 Å². The Labute approximate surface area is 185 Å². The number of aromatic nitrogens is 6. The van der Waals surface area contributed by atoms with Gasteiger partial charge < -0.3 is 15.2 Å². The van der Waals surface area contributed by atoms with E-state index in [9.17, 15) is 0 Å². The second kappa shape index (κ2) is 7.42. The molecular weight excluding hydrogens is 400 g/mol. The van der Waals surface area contributed by atoms with Gasteiger partial charge in [-0.1, -0.05) is 12.1 Å². The summed E-state index contributed by atoms with van der Waals surface area (Å²) in [7, 11) is 0. The number of anilines is 1. The molecule has 0 saturated carbocycles. The van der Waals surface area contributed by atoms with E-state index in [4.69, 9.17) is 0 Å². The van der Waals surface area contributed by atoms with Gasteiger partial charge in [0.05, 0.1) is 5.69 Å². The van der Waals surface area contributed by atoms with Crippen molar-refractivity contribution >= 4 is 22.5 Å². The fourth-order valence-electron chi connectivity index (χ4n) is 4.54. The van der Waals surface area contributed by atoms with Gasteiger partial charge in [0, 0.05) is 66.8 Å². The lowest BCUT2D eigenvalue weighted by Crippen LogP contribution is -2.44. The van der Waals surface area contributed by atoms with Crippen molar-refractivity contribution in [1.82, 2.24) is 34.9 Å². The van der Waals surface area contributed by atoms with E-state index in [2.05, 4.69) is 73.4 Å². The van der Waals surface area contributed by atoms with Gasteiger partial charge in [-0.15, -0.1) is 0 Å². The van der Waals surface area contributed by atoms with Crippen LogP contribution >= 0.6 is 0 Å². The molecule has 0 spiro atoms. The molecule has 6 rings (SSSR count). The first-order valence-corrected chi connectivity index (χ1v) is 10.9. The molecule has 1 aromatic carbocycles. The van der Waals surface area contributed by atoms with Crippen LogP contribution in [0.15, 0.2) is 49.2 Å². The number of rotatable bonds is 3. The lowest BCUT2D eigenvalue weighted by molar-refractivity contribution is 0.580. The summed E-state index contributed by atoms with van der Waals surface area (Å²) >= 11 is 0. The van der Waals surface area contributed by atoms with Crippen LogP contribution in [0.5, 0.6) is 0 Å². The van der Waals surface area contributed by atoms with Gasteiger partial charge in [0.2, 0.25) is 5.95 Å². The molecule has 0 amide bonds. The minimum absolute atomic E-state index is 0.796. The third kappa shape index (κ3) is 3.11. The molecule has 160 valence electrons. The van der Waals surface area contributed by atoms with Crippen LogP contribution in [0, 0.1) is 13.8 Å². The number of nitrogens with one attached hydrogen (secondary N) is 2. The maximum Gasteiger partial charge on any atom is 0.225 e. The van der Waals surface area contributed by atoms with Crippen LogP contribution in [0.2, 0.25) is 0 Å². The average Bonchev–Trinajstić information content (AvgIpc) is 3.44. The zero-order valence-corrected chi connectivity index (χ0v) is 18.1. The number of hydrogen-bond donors (Lipinski definition) is 2. The van der Waals surface area contributed by atoms with Gasteiger partial charge in [-0.25, -0.2) is 19.5 Å².